The lowest BCUT2D eigenvalue weighted by molar-refractivity contribution is -0.137. The van der Waals surface area contributed by atoms with Gasteiger partial charge >= 0.3 is 5.97 Å². The summed E-state index contributed by atoms with van der Waals surface area (Å²) in [4.78, 5) is 24.8. The Morgan fingerprint density at radius 1 is 1.21 bits per heavy atom. The highest BCUT2D eigenvalue weighted by atomic mass is 32.1. The van der Waals surface area contributed by atoms with Gasteiger partial charge in [0.05, 0.1) is 12.2 Å². The van der Waals surface area contributed by atoms with Gasteiger partial charge in [-0.3, -0.25) is 9.59 Å². The predicted molar refractivity (Wildman–Crippen MR) is 132 cm³/mol. The van der Waals surface area contributed by atoms with E-state index in [4.69, 9.17) is 5.11 Å². The Morgan fingerprint density at radius 3 is 2.70 bits per heavy atom. The standard InChI is InChI=1S/C27H36O5S/c1-27(2)25(31)21(10-5-3-4-6-12-24(29)30)22(26(27)32)16-14-19(28)13-15-20-17-18-9-7-8-11-23(18)33-20/h3,5,7-9,11,17,19,21-22,26,28,32H,4,6,10,12-16H2,1-2H3,(H,29,30)/t19?,21-,22-,26+/m1/s1. The molecule has 0 aliphatic heterocycles. The number of fused-ring (bicyclic) bond motifs is 1. The van der Waals surface area contributed by atoms with Crippen molar-refractivity contribution in [3.63, 3.8) is 0 Å². The number of hydrogen-bond donors (Lipinski definition) is 3. The summed E-state index contributed by atoms with van der Waals surface area (Å²) in [6.07, 6.45) is 7.30. The van der Waals surface area contributed by atoms with E-state index in [-0.39, 0.29) is 24.0 Å². The summed E-state index contributed by atoms with van der Waals surface area (Å²) in [5.74, 6) is -1.16. The summed E-state index contributed by atoms with van der Waals surface area (Å²) in [6.45, 7) is 3.61. The van der Waals surface area contributed by atoms with Gasteiger partial charge < -0.3 is 15.3 Å². The van der Waals surface area contributed by atoms with Crippen molar-refractivity contribution in [2.75, 3.05) is 0 Å². The zero-order chi connectivity index (χ0) is 24.0. The highest BCUT2D eigenvalue weighted by Crippen LogP contribution is 2.46. The molecule has 3 N–H and O–H groups in total. The summed E-state index contributed by atoms with van der Waals surface area (Å²) < 4.78 is 1.26. The first-order chi connectivity index (χ1) is 15.7. The number of thiophene rings is 1. The lowest BCUT2D eigenvalue weighted by Gasteiger charge is -2.25. The molecule has 1 aromatic carbocycles. The second kappa shape index (κ2) is 11.4. The highest BCUT2D eigenvalue weighted by Gasteiger charge is 2.53. The number of hydrogen-bond acceptors (Lipinski definition) is 5. The fourth-order valence-corrected chi connectivity index (χ4v) is 6.02. The van der Waals surface area contributed by atoms with Crippen molar-refractivity contribution in [3.05, 3.63) is 47.4 Å². The summed E-state index contributed by atoms with van der Waals surface area (Å²) >= 11 is 1.76. The minimum Gasteiger partial charge on any atom is -0.481 e. The molecule has 0 radical (unpaired) electrons. The number of unbranched alkanes of at least 4 members (excludes halogenated alkanes) is 1. The Hall–Kier alpha value is -2.02. The zero-order valence-corrected chi connectivity index (χ0v) is 20.4. The van der Waals surface area contributed by atoms with Crippen molar-refractivity contribution in [2.45, 2.75) is 77.4 Å². The van der Waals surface area contributed by atoms with Crippen LogP contribution in [0.15, 0.2) is 42.5 Å². The number of Topliss-reactive ketones (excluding diaryl/α,β-unsaturated/α-hetero) is 1. The van der Waals surface area contributed by atoms with E-state index in [1.54, 1.807) is 11.3 Å². The van der Waals surface area contributed by atoms with Gasteiger partial charge in [-0.05, 0) is 68.4 Å². The van der Waals surface area contributed by atoms with Crippen LogP contribution >= 0.6 is 11.3 Å². The molecule has 0 amide bonds. The first kappa shape index (κ1) is 25.6. The third-order valence-electron chi connectivity index (χ3n) is 6.99. The lowest BCUT2D eigenvalue weighted by Crippen LogP contribution is -2.32. The molecule has 1 saturated carbocycles. The van der Waals surface area contributed by atoms with Crippen LogP contribution in [-0.2, 0) is 16.0 Å². The van der Waals surface area contributed by atoms with Gasteiger partial charge in [0.1, 0.15) is 5.78 Å². The number of aliphatic hydroxyl groups excluding tert-OH is 2. The molecule has 5 nitrogen and oxygen atoms in total. The Labute approximate surface area is 200 Å². The summed E-state index contributed by atoms with van der Waals surface area (Å²) in [6, 6.07) is 10.5. The minimum absolute atomic E-state index is 0.0787. The quantitative estimate of drug-likeness (QED) is 0.285. The number of aliphatic carboxylic acids is 1. The molecule has 33 heavy (non-hydrogen) atoms. The molecule has 180 valence electrons. The first-order valence-electron chi connectivity index (χ1n) is 11.9. The molecule has 0 spiro atoms. The van der Waals surface area contributed by atoms with E-state index in [2.05, 4.69) is 18.2 Å². The first-order valence-corrected chi connectivity index (χ1v) is 12.8. The fourth-order valence-electron chi connectivity index (χ4n) is 4.94. The van der Waals surface area contributed by atoms with Crippen LogP contribution in [0.2, 0.25) is 0 Å². The third-order valence-corrected chi connectivity index (χ3v) is 8.16. The van der Waals surface area contributed by atoms with Crippen LogP contribution in [0.4, 0.5) is 0 Å². The largest absolute Gasteiger partial charge is 0.481 e. The number of aryl methyl sites for hydroxylation is 1. The van der Waals surface area contributed by atoms with E-state index in [0.717, 1.165) is 6.42 Å². The fraction of sp³-hybridized carbons (Fsp3) is 0.556. The number of rotatable bonds is 12. The number of carboxylic acids is 1. The summed E-state index contributed by atoms with van der Waals surface area (Å²) in [5, 5.41) is 31.4. The Morgan fingerprint density at radius 2 is 1.97 bits per heavy atom. The number of carbonyl (C=O) groups excluding carboxylic acids is 1. The number of carbonyl (C=O) groups is 2. The summed E-state index contributed by atoms with van der Waals surface area (Å²) in [7, 11) is 0. The number of carboxylic acid groups (broad SMARTS) is 1. The van der Waals surface area contributed by atoms with Crippen molar-refractivity contribution in [3.8, 4) is 0 Å². The second-order valence-corrected chi connectivity index (χ2v) is 11.0. The molecule has 6 heteroatoms. The van der Waals surface area contributed by atoms with Crippen molar-refractivity contribution in [2.24, 2.45) is 17.3 Å². The van der Waals surface area contributed by atoms with E-state index < -0.39 is 23.6 Å². The van der Waals surface area contributed by atoms with Crippen LogP contribution in [0, 0.1) is 17.3 Å². The average Bonchev–Trinajstić information content (AvgIpc) is 3.26. The summed E-state index contributed by atoms with van der Waals surface area (Å²) in [5.41, 5.74) is -0.783. The predicted octanol–water partition coefficient (Wildman–Crippen LogP) is 5.38. The van der Waals surface area contributed by atoms with Gasteiger partial charge in [-0.1, -0.05) is 44.2 Å². The van der Waals surface area contributed by atoms with Gasteiger partial charge in [0.25, 0.3) is 0 Å². The molecule has 0 saturated heterocycles. The molecule has 4 atom stereocenters. The maximum atomic E-state index is 13.0. The smallest absolute Gasteiger partial charge is 0.303 e. The normalized spacial score (nSPS) is 23.5. The number of allylic oxidation sites excluding steroid dienone is 2. The molecular formula is C27H36O5S. The van der Waals surface area contributed by atoms with Gasteiger partial charge in [-0.15, -0.1) is 11.3 Å². The van der Waals surface area contributed by atoms with Crippen molar-refractivity contribution in [1.29, 1.82) is 0 Å². The molecule has 2 aromatic rings. The van der Waals surface area contributed by atoms with Crippen molar-refractivity contribution < 1.29 is 24.9 Å². The van der Waals surface area contributed by atoms with Gasteiger partial charge in [0.15, 0.2) is 0 Å². The van der Waals surface area contributed by atoms with Crippen LogP contribution in [0.1, 0.15) is 63.7 Å². The maximum Gasteiger partial charge on any atom is 0.303 e. The number of aliphatic hydroxyl groups is 2. The minimum atomic E-state index is -0.801. The van der Waals surface area contributed by atoms with Crippen LogP contribution in [0.3, 0.4) is 0 Å². The Balaban J connectivity index is 1.51. The number of benzene rings is 1. The lowest BCUT2D eigenvalue weighted by atomic mass is 9.85. The van der Waals surface area contributed by atoms with Gasteiger partial charge in [0, 0.05) is 27.3 Å². The molecule has 0 bridgehead atoms. The molecule has 1 unspecified atom stereocenters. The van der Waals surface area contributed by atoms with E-state index in [1.165, 1.54) is 15.0 Å². The van der Waals surface area contributed by atoms with Crippen molar-refractivity contribution in [1.82, 2.24) is 0 Å². The van der Waals surface area contributed by atoms with Crippen LogP contribution in [0.25, 0.3) is 10.1 Å². The zero-order valence-electron chi connectivity index (χ0n) is 19.6. The van der Waals surface area contributed by atoms with Crippen LogP contribution < -0.4 is 0 Å². The second-order valence-electron chi connectivity index (χ2n) is 9.81. The maximum absolute atomic E-state index is 13.0. The average molecular weight is 473 g/mol. The SMILES string of the molecule is CC1(C)C(=O)[C@H](CC=CCCCC(=O)O)[C@@H](CCC(O)CCc2cc3ccccc3s2)[C@@H]1O. The molecule has 1 fully saturated rings. The van der Waals surface area contributed by atoms with E-state index >= 15 is 0 Å². The molecule has 3 rings (SSSR count). The van der Waals surface area contributed by atoms with Gasteiger partial charge in [-0.2, -0.15) is 0 Å². The third kappa shape index (κ3) is 6.52. The monoisotopic (exact) mass is 472 g/mol. The Bertz CT molecular complexity index is 943. The molecular weight excluding hydrogens is 436 g/mol. The molecule has 1 aliphatic rings. The highest BCUT2D eigenvalue weighted by molar-refractivity contribution is 7.19. The van der Waals surface area contributed by atoms with Gasteiger partial charge in [0.2, 0.25) is 0 Å². The topological polar surface area (TPSA) is 94.8 Å². The van der Waals surface area contributed by atoms with Crippen LogP contribution in [-0.4, -0.2) is 39.3 Å². The van der Waals surface area contributed by atoms with E-state index in [9.17, 15) is 19.8 Å². The van der Waals surface area contributed by atoms with Crippen LogP contribution in [0.5, 0.6) is 0 Å². The van der Waals surface area contributed by atoms with E-state index in [0.29, 0.717) is 38.5 Å². The van der Waals surface area contributed by atoms with Crippen molar-refractivity contribution >= 4 is 33.2 Å². The van der Waals surface area contributed by atoms with Gasteiger partial charge in [-0.25, -0.2) is 0 Å². The van der Waals surface area contributed by atoms with E-state index in [1.807, 2.05) is 38.1 Å². The molecule has 1 aliphatic carbocycles. The number of ketones is 1. The Kier molecular flexibility index (Phi) is 8.85. The molecule has 1 heterocycles. The molecule has 1 aromatic heterocycles.